The lowest BCUT2D eigenvalue weighted by Crippen LogP contribution is -2.47. The molecule has 1 saturated heterocycles. The summed E-state index contributed by atoms with van der Waals surface area (Å²) in [5.41, 5.74) is 1.46. The SMILES string of the molecule is CNC(=O)[C@@H](CC1CCN(C(=O)Cc2ccc3[nH]c(=O)ccc3c2)CC1)NC(=O)O. The zero-order valence-electron chi connectivity index (χ0n) is 16.8. The zero-order valence-corrected chi connectivity index (χ0v) is 16.8. The first-order valence-electron chi connectivity index (χ1n) is 9.96. The third-order valence-corrected chi connectivity index (χ3v) is 5.54. The third kappa shape index (κ3) is 5.37. The molecule has 4 N–H and O–H groups in total. The highest BCUT2D eigenvalue weighted by atomic mass is 16.4. The first-order chi connectivity index (χ1) is 14.4. The molecule has 2 aromatic rings. The molecule has 1 aromatic heterocycles. The van der Waals surface area contributed by atoms with Gasteiger partial charge in [-0.25, -0.2) is 4.79 Å². The van der Waals surface area contributed by atoms with Crippen LogP contribution in [0.15, 0.2) is 35.1 Å². The molecule has 0 radical (unpaired) electrons. The van der Waals surface area contributed by atoms with Crippen LogP contribution in [0.3, 0.4) is 0 Å². The monoisotopic (exact) mass is 414 g/mol. The van der Waals surface area contributed by atoms with Crippen molar-refractivity contribution in [2.75, 3.05) is 20.1 Å². The van der Waals surface area contributed by atoms with Gasteiger partial charge in [-0.3, -0.25) is 14.4 Å². The van der Waals surface area contributed by atoms with Crippen molar-refractivity contribution in [3.05, 3.63) is 46.2 Å². The number of nitrogens with one attached hydrogen (secondary N) is 3. The first-order valence-corrected chi connectivity index (χ1v) is 9.96. The topological polar surface area (TPSA) is 132 Å². The number of aromatic amines is 1. The highest BCUT2D eigenvalue weighted by Crippen LogP contribution is 2.23. The Labute approximate surface area is 173 Å². The lowest BCUT2D eigenvalue weighted by atomic mass is 9.89. The van der Waals surface area contributed by atoms with Crippen molar-refractivity contribution in [3.63, 3.8) is 0 Å². The van der Waals surface area contributed by atoms with Gasteiger partial charge < -0.3 is 25.6 Å². The molecule has 1 aliphatic rings. The summed E-state index contributed by atoms with van der Waals surface area (Å²) in [6.07, 6.45) is 0.910. The summed E-state index contributed by atoms with van der Waals surface area (Å²) in [4.78, 5) is 51.5. The highest BCUT2D eigenvalue weighted by molar-refractivity contribution is 5.85. The number of aromatic nitrogens is 1. The van der Waals surface area contributed by atoms with E-state index in [1.807, 2.05) is 17.0 Å². The molecule has 0 bridgehead atoms. The number of benzene rings is 1. The van der Waals surface area contributed by atoms with E-state index >= 15 is 0 Å². The molecule has 9 heteroatoms. The van der Waals surface area contributed by atoms with Crippen molar-refractivity contribution in [2.24, 2.45) is 5.92 Å². The Kier molecular flexibility index (Phi) is 6.71. The molecular formula is C21H26N4O5. The molecule has 160 valence electrons. The number of carboxylic acid groups (broad SMARTS) is 1. The molecule has 2 heterocycles. The second kappa shape index (κ2) is 9.43. The normalized spacial score (nSPS) is 15.6. The van der Waals surface area contributed by atoms with Crippen LogP contribution in [0, 0.1) is 5.92 Å². The van der Waals surface area contributed by atoms with E-state index in [0.29, 0.717) is 19.5 Å². The van der Waals surface area contributed by atoms with Crippen molar-refractivity contribution < 1.29 is 19.5 Å². The molecule has 3 rings (SSSR count). The Hall–Kier alpha value is -3.36. The van der Waals surface area contributed by atoms with Crippen LogP contribution in [0.4, 0.5) is 4.79 Å². The molecule has 0 saturated carbocycles. The number of hydrogen-bond acceptors (Lipinski definition) is 4. The summed E-state index contributed by atoms with van der Waals surface area (Å²) in [6, 6.07) is 7.96. The molecule has 0 aliphatic carbocycles. The van der Waals surface area contributed by atoms with Gasteiger partial charge in [-0.1, -0.05) is 6.07 Å². The number of likely N-dealkylation sites (N-methyl/N-ethyl adjacent to an activating group) is 1. The number of likely N-dealkylation sites (tertiary alicyclic amines) is 1. The minimum absolute atomic E-state index is 0.0312. The minimum Gasteiger partial charge on any atom is -0.465 e. The van der Waals surface area contributed by atoms with Gasteiger partial charge >= 0.3 is 6.09 Å². The van der Waals surface area contributed by atoms with Gasteiger partial charge in [0.2, 0.25) is 17.4 Å². The Morgan fingerprint density at radius 1 is 1.20 bits per heavy atom. The van der Waals surface area contributed by atoms with E-state index < -0.39 is 12.1 Å². The van der Waals surface area contributed by atoms with Crippen molar-refractivity contribution >= 4 is 28.8 Å². The Morgan fingerprint density at radius 2 is 1.93 bits per heavy atom. The van der Waals surface area contributed by atoms with Crippen LogP contribution in [-0.2, 0) is 16.0 Å². The minimum atomic E-state index is -1.23. The Bertz CT molecular complexity index is 994. The standard InChI is InChI=1S/C21H26N4O5/c1-22-20(28)17(24-21(29)30)11-13-6-8-25(9-7-13)19(27)12-14-2-4-16-15(10-14)3-5-18(26)23-16/h2-5,10,13,17,24H,6-9,11-12H2,1H3,(H,22,28)(H,23,26)(H,29,30)/t17-/m1/s1. The van der Waals surface area contributed by atoms with Crippen LogP contribution in [0.2, 0.25) is 0 Å². The van der Waals surface area contributed by atoms with Crippen molar-refractivity contribution in [2.45, 2.75) is 31.7 Å². The van der Waals surface area contributed by atoms with Gasteiger partial charge in [0.05, 0.1) is 6.42 Å². The average Bonchev–Trinajstić information content (AvgIpc) is 2.73. The molecular weight excluding hydrogens is 388 g/mol. The van der Waals surface area contributed by atoms with Crippen molar-refractivity contribution in [1.29, 1.82) is 0 Å². The molecule has 9 nitrogen and oxygen atoms in total. The van der Waals surface area contributed by atoms with Crippen molar-refractivity contribution in [3.8, 4) is 0 Å². The van der Waals surface area contributed by atoms with Crippen LogP contribution in [0.25, 0.3) is 10.9 Å². The highest BCUT2D eigenvalue weighted by Gasteiger charge is 2.28. The Balaban J connectivity index is 1.54. The van der Waals surface area contributed by atoms with Gasteiger partial charge in [0.15, 0.2) is 0 Å². The second-order valence-electron chi connectivity index (χ2n) is 7.60. The molecule has 0 unspecified atom stereocenters. The largest absolute Gasteiger partial charge is 0.465 e. The number of hydrogen-bond donors (Lipinski definition) is 4. The third-order valence-electron chi connectivity index (χ3n) is 5.54. The quantitative estimate of drug-likeness (QED) is 0.562. The summed E-state index contributed by atoms with van der Waals surface area (Å²) in [7, 11) is 1.48. The number of piperidine rings is 1. The van der Waals surface area contributed by atoms with Gasteiger partial charge in [0.25, 0.3) is 0 Å². The van der Waals surface area contributed by atoms with Gasteiger partial charge in [-0.15, -0.1) is 0 Å². The number of rotatable bonds is 6. The van der Waals surface area contributed by atoms with E-state index in [2.05, 4.69) is 15.6 Å². The summed E-state index contributed by atoms with van der Waals surface area (Å²) in [5.74, 6) is -0.155. The average molecular weight is 414 g/mol. The fraction of sp³-hybridized carbons (Fsp3) is 0.429. The summed E-state index contributed by atoms with van der Waals surface area (Å²) in [5, 5.41) is 14.6. The molecule has 3 amide bonds. The Morgan fingerprint density at radius 3 is 2.60 bits per heavy atom. The number of carbonyl (C=O) groups excluding carboxylic acids is 2. The maximum absolute atomic E-state index is 12.7. The molecule has 1 aromatic carbocycles. The van der Waals surface area contributed by atoms with E-state index in [9.17, 15) is 19.2 Å². The maximum Gasteiger partial charge on any atom is 0.405 e. The van der Waals surface area contributed by atoms with Gasteiger partial charge in [0.1, 0.15) is 6.04 Å². The first kappa shape index (κ1) is 21.4. The lowest BCUT2D eigenvalue weighted by Gasteiger charge is -2.33. The second-order valence-corrected chi connectivity index (χ2v) is 7.60. The molecule has 0 spiro atoms. The van der Waals surface area contributed by atoms with Gasteiger partial charge in [-0.2, -0.15) is 0 Å². The number of pyridine rings is 1. The number of H-pyrrole nitrogens is 1. The fourth-order valence-corrected chi connectivity index (χ4v) is 3.91. The van der Waals surface area contributed by atoms with Crippen LogP contribution in [0.5, 0.6) is 0 Å². The van der Waals surface area contributed by atoms with Crippen LogP contribution in [0.1, 0.15) is 24.8 Å². The maximum atomic E-state index is 12.7. The molecule has 1 fully saturated rings. The summed E-state index contributed by atoms with van der Waals surface area (Å²) < 4.78 is 0. The van der Waals surface area contributed by atoms with E-state index in [-0.39, 0.29) is 29.7 Å². The molecule has 1 atom stereocenters. The van der Waals surface area contributed by atoms with Crippen LogP contribution >= 0.6 is 0 Å². The van der Waals surface area contributed by atoms with Crippen LogP contribution < -0.4 is 16.2 Å². The van der Waals surface area contributed by atoms with E-state index in [0.717, 1.165) is 29.3 Å². The predicted octanol–water partition coefficient (Wildman–Crippen LogP) is 1.08. The molecule has 30 heavy (non-hydrogen) atoms. The van der Waals surface area contributed by atoms with E-state index in [4.69, 9.17) is 5.11 Å². The number of carbonyl (C=O) groups is 3. The van der Waals surface area contributed by atoms with E-state index in [1.54, 1.807) is 12.1 Å². The zero-order chi connectivity index (χ0) is 21.7. The number of fused-ring (bicyclic) bond motifs is 1. The summed E-state index contributed by atoms with van der Waals surface area (Å²) >= 11 is 0. The summed E-state index contributed by atoms with van der Waals surface area (Å²) in [6.45, 7) is 1.16. The van der Waals surface area contributed by atoms with Crippen LogP contribution in [-0.4, -0.2) is 59.1 Å². The smallest absolute Gasteiger partial charge is 0.405 e. The lowest BCUT2D eigenvalue weighted by molar-refractivity contribution is -0.132. The van der Waals surface area contributed by atoms with Gasteiger partial charge in [-0.05, 0) is 54.3 Å². The number of nitrogens with zero attached hydrogens (tertiary/aromatic N) is 1. The van der Waals surface area contributed by atoms with Crippen molar-refractivity contribution in [1.82, 2.24) is 20.5 Å². The van der Waals surface area contributed by atoms with Gasteiger partial charge in [0, 0.05) is 31.7 Å². The molecule has 1 aliphatic heterocycles. The predicted molar refractivity (Wildman–Crippen MR) is 111 cm³/mol. The number of amides is 3. The van der Waals surface area contributed by atoms with E-state index in [1.165, 1.54) is 13.1 Å². The fourth-order valence-electron chi connectivity index (χ4n) is 3.91.